The first kappa shape index (κ1) is 22.9. The van der Waals surface area contributed by atoms with Crippen LogP contribution in [0.25, 0.3) is 0 Å². The van der Waals surface area contributed by atoms with Crippen LogP contribution in [0.3, 0.4) is 0 Å². The molecule has 33 heavy (non-hydrogen) atoms. The molecule has 3 aromatic rings. The third kappa shape index (κ3) is 4.47. The smallest absolute Gasteiger partial charge is 0.263 e. The van der Waals surface area contributed by atoms with E-state index in [4.69, 9.17) is 23.2 Å². The van der Waals surface area contributed by atoms with Crippen LogP contribution in [0, 0.1) is 0 Å². The number of amides is 2. The van der Waals surface area contributed by atoms with Crippen LogP contribution >= 0.6 is 23.2 Å². The van der Waals surface area contributed by atoms with Crippen LogP contribution in [0.2, 0.25) is 10.0 Å². The fraction of sp³-hybridized carbons (Fsp3) is 0.154. The number of nitrogens with zero attached hydrogens (tertiary/aromatic N) is 1. The Morgan fingerprint density at radius 3 is 1.79 bits per heavy atom. The van der Waals surface area contributed by atoms with Crippen LogP contribution in [0.15, 0.2) is 84.1 Å². The number of benzene rings is 3. The number of hydrogen-bond donors (Lipinski definition) is 2. The number of anilines is 3. The maximum atomic E-state index is 13.6. The van der Waals surface area contributed by atoms with Gasteiger partial charge < -0.3 is 15.5 Å². The first-order chi connectivity index (χ1) is 15.7. The summed E-state index contributed by atoms with van der Waals surface area (Å²) in [5.41, 5.74) is 3.00. The minimum atomic E-state index is -0.585. The van der Waals surface area contributed by atoms with Crippen molar-refractivity contribution in [1.29, 1.82) is 0 Å². The number of hydrogen-bond acceptors (Lipinski definition) is 3. The lowest BCUT2D eigenvalue weighted by Gasteiger charge is -2.27. The molecule has 0 atom stereocenters. The molecule has 3 aromatic carbocycles. The highest BCUT2D eigenvalue weighted by Gasteiger charge is 2.43. The first-order valence-electron chi connectivity index (χ1n) is 10.4. The van der Waals surface area contributed by atoms with E-state index >= 15 is 0 Å². The number of likely N-dealkylation sites (N-methyl/N-ethyl adjacent to an activating group) is 1. The standard InChI is InChI=1S/C26H23Cl2N3O2/c1-26(2)20-12-4-5-13-21(20)31(3)23(26)22(24(32)29-18-10-6-8-16(27)14-18)25(33)30-19-11-7-9-17(28)15-19/h4-15H,1-3H3,(H,29,32)(H,30,33). The number of carbonyl (C=O) groups excluding carboxylic acids is 2. The van der Waals surface area contributed by atoms with E-state index in [-0.39, 0.29) is 5.57 Å². The van der Waals surface area contributed by atoms with E-state index in [1.54, 1.807) is 48.5 Å². The molecular weight excluding hydrogens is 457 g/mol. The summed E-state index contributed by atoms with van der Waals surface area (Å²) in [6.07, 6.45) is 0. The van der Waals surface area contributed by atoms with E-state index < -0.39 is 17.2 Å². The molecule has 1 aliphatic heterocycles. The monoisotopic (exact) mass is 479 g/mol. The second-order valence-electron chi connectivity index (χ2n) is 8.35. The Balaban J connectivity index is 1.82. The summed E-state index contributed by atoms with van der Waals surface area (Å²) in [5.74, 6) is -1.06. The molecule has 0 aromatic heterocycles. The van der Waals surface area contributed by atoms with Crippen molar-refractivity contribution < 1.29 is 9.59 Å². The second kappa shape index (κ2) is 8.93. The zero-order valence-electron chi connectivity index (χ0n) is 18.4. The number of fused-ring (bicyclic) bond motifs is 1. The van der Waals surface area contributed by atoms with Gasteiger partial charge in [0.25, 0.3) is 11.8 Å². The van der Waals surface area contributed by atoms with Crippen molar-refractivity contribution in [1.82, 2.24) is 0 Å². The SMILES string of the molecule is CN1C(=C(C(=O)Nc2cccc(Cl)c2)C(=O)Nc2cccc(Cl)c2)C(C)(C)c2ccccc21. The number of nitrogens with one attached hydrogen (secondary N) is 2. The molecular formula is C26H23Cl2N3O2. The molecule has 0 saturated heterocycles. The maximum absolute atomic E-state index is 13.6. The Kier molecular flexibility index (Phi) is 6.19. The fourth-order valence-electron chi connectivity index (χ4n) is 4.28. The van der Waals surface area contributed by atoms with Crippen molar-refractivity contribution in [3.63, 3.8) is 0 Å². The molecule has 1 heterocycles. The average molecular weight is 480 g/mol. The van der Waals surface area contributed by atoms with Gasteiger partial charge in [0.2, 0.25) is 0 Å². The lowest BCUT2D eigenvalue weighted by molar-refractivity contribution is -0.118. The van der Waals surface area contributed by atoms with E-state index in [0.717, 1.165) is 11.3 Å². The molecule has 0 fully saturated rings. The molecule has 0 bridgehead atoms. The van der Waals surface area contributed by atoms with Gasteiger partial charge in [-0.3, -0.25) is 9.59 Å². The molecule has 0 aliphatic carbocycles. The maximum Gasteiger partial charge on any atom is 0.263 e. The minimum Gasteiger partial charge on any atom is -0.346 e. The Labute approximate surface area is 203 Å². The van der Waals surface area contributed by atoms with E-state index in [0.29, 0.717) is 27.1 Å². The molecule has 0 saturated carbocycles. The summed E-state index contributed by atoms with van der Waals surface area (Å²) in [7, 11) is 1.86. The lowest BCUT2D eigenvalue weighted by atomic mass is 9.81. The zero-order chi connectivity index (χ0) is 23.8. The molecule has 5 nitrogen and oxygen atoms in total. The van der Waals surface area contributed by atoms with Crippen LogP contribution in [0.1, 0.15) is 19.4 Å². The highest BCUT2D eigenvalue weighted by atomic mass is 35.5. The Bertz CT molecular complexity index is 1220. The number of rotatable bonds is 4. The first-order valence-corrected chi connectivity index (χ1v) is 11.2. The topological polar surface area (TPSA) is 61.4 Å². The Morgan fingerprint density at radius 1 is 0.788 bits per heavy atom. The summed E-state index contributed by atoms with van der Waals surface area (Å²) in [4.78, 5) is 29.0. The van der Waals surface area contributed by atoms with Crippen LogP contribution in [-0.4, -0.2) is 18.9 Å². The largest absolute Gasteiger partial charge is 0.346 e. The normalized spacial score (nSPS) is 14.0. The number of para-hydroxylation sites is 1. The molecule has 4 rings (SSSR count). The van der Waals surface area contributed by atoms with Gasteiger partial charge in [-0.1, -0.05) is 67.4 Å². The van der Waals surface area contributed by atoms with Gasteiger partial charge in [0.1, 0.15) is 5.57 Å². The van der Waals surface area contributed by atoms with Crippen LogP contribution in [-0.2, 0) is 15.0 Å². The lowest BCUT2D eigenvalue weighted by Crippen LogP contribution is -2.34. The molecule has 0 radical (unpaired) electrons. The molecule has 2 amide bonds. The fourth-order valence-corrected chi connectivity index (χ4v) is 4.66. The van der Waals surface area contributed by atoms with E-state index in [2.05, 4.69) is 10.6 Å². The second-order valence-corrected chi connectivity index (χ2v) is 9.23. The minimum absolute atomic E-state index is 0.0126. The average Bonchev–Trinajstić information content (AvgIpc) is 2.95. The third-order valence-electron chi connectivity index (χ3n) is 5.72. The van der Waals surface area contributed by atoms with Crippen molar-refractivity contribution in [2.75, 3.05) is 22.6 Å². The van der Waals surface area contributed by atoms with Gasteiger partial charge in [0.05, 0.1) is 0 Å². The highest BCUT2D eigenvalue weighted by Crippen LogP contribution is 2.48. The summed E-state index contributed by atoms with van der Waals surface area (Å²) in [6.45, 7) is 4.01. The summed E-state index contributed by atoms with van der Waals surface area (Å²) in [5, 5.41) is 6.62. The van der Waals surface area contributed by atoms with Crippen molar-refractivity contribution in [3.05, 3.63) is 99.7 Å². The quantitative estimate of drug-likeness (QED) is 0.264. The van der Waals surface area contributed by atoms with Crippen LogP contribution < -0.4 is 15.5 Å². The number of allylic oxidation sites excluding steroid dienone is 1. The summed E-state index contributed by atoms with van der Waals surface area (Å²) < 4.78 is 0. The van der Waals surface area contributed by atoms with Crippen LogP contribution in [0.4, 0.5) is 17.1 Å². The van der Waals surface area contributed by atoms with E-state index in [9.17, 15) is 9.59 Å². The summed E-state index contributed by atoms with van der Waals surface area (Å²) in [6, 6.07) is 21.5. The number of carbonyl (C=O) groups is 2. The van der Waals surface area contributed by atoms with Gasteiger partial charge in [0.15, 0.2) is 0 Å². The molecule has 168 valence electrons. The molecule has 2 N–H and O–H groups in total. The van der Waals surface area contributed by atoms with E-state index in [1.165, 1.54) is 0 Å². The van der Waals surface area contributed by atoms with Gasteiger partial charge in [0, 0.05) is 45.3 Å². The third-order valence-corrected chi connectivity index (χ3v) is 6.19. The molecule has 1 aliphatic rings. The van der Waals surface area contributed by atoms with Crippen molar-refractivity contribution in [3.8, 4) is 0 Å². The van der Waals surface area contributed by atoms with Crippen molar-refractivity contribution >= 4 is 52.1 Å². The number of halogens is 2. The van der Waals surface area contributed by atoms with Gasteiger partial charge in [-0.15, -0.1) is 0 Å². The van der Waals surface area contributed by atoms with E-state index in [1.807, 2.05) is 50.1 Å². The Morgan fingerprint density at radius 2 is 1.30 bits per heavy atom. The predicted molar refractivity (Wildman–Crippen MR) is 135 cm³/mol. The zero-order valence-corrected chi connectivity index (χ0v) is 20.0. The molecule has 7 heteroatoms. The van der Waals surface area contributed by atoms with Gasteiger partial charge in [-0.25, -0.2) is 0 Å². The Hall–Kier alpha value is -3.28. The van der Waals surface area contributed by atoms with Crippen molar-refractivity contribution in [2.45, 2.75) is 19.3 Å². The van der Waals surface area contributed by atoms with Crippen molar-refractivity contribution in [2.24, 2.45) is 0 Å². The molecule has 0 spiro atoms. The predicted octanol–water partition coefficient (Wildman–Crippen LogP) is 6.25. The summed E-state index contributed by atoms with van der Waals surface area (Å²) >= 11 is 12.2. The highest BCUT2D eigenvalue weighted by molar-refractivity contribution is 6.32. The van der Waals surface area contributed by atoms with Gasteiger partial charge >= 0.3 is 0 Å². The van der Waals surface area contributed by atoms with Gasteiger partial charge in [-0.2, -0.15) is 0 Å². The molecule has 0 unspecified atom stereocenters. The van der Waals surface area contributed by atoms with Crippen LogP contribution in [0.5, 0.6) is 0 Å². The van der Waals surface area contributed by atoms with Gasteiger partial charge in [-0.05, 0) is 48.0 Å².